The fourth-order valence-electron chi connectivity index (χ4n) is 4.49. The molecule has 2 unspecified atom stereocenters. The van der Waals surface area contributed by atoms with Gasteiger partial charge in [0.05, 0.1) is 18.8 Å². The van der Waals surface area contributed by atoms with Crippen molar-refractivity contribution < 1.29 is 14.6 Å². The topological polar surface area (TPSA) is 53.0 Å². The molecule has 3 aliphatic rings. The van der Waals surface area contributed by atoms with Gasteiger partial charge in [0.15, 0.2) is 0 Å². The minimum Gasteiger partial charge on any atom is -0.392 e. The summed E-state index contributed by atoms with van der Waals surface area (Å²) in [6.45, 7) is 9.18. The van der Waals surface area contributed by atoms with Crippen LogP contribution in [0.5, 0.6) is 0 Å². The predicted molar refractivity (Wildman–Crippen MR) is 89.1 cm³/mol. The molecule has 3 fully saturated rings. The van der Waals surface area contributed by atoms with E-state index in [1.165, 1.54) is 0 Å². The van der Waals surface area contributed by atoms with Gasteiger partial charge in [0.2, 0.25) is 5.91 Å². The van der Waals surface area contributed by atoms with Gasteiger partial charge in [-0.3, -0.25) is 9.69 Å². The molecule has 2 heterocycles. The molecule has 2 atom stereocenters. The van der Waals surface area contributed by atoms with Crippen LogP contribution in [-0.2, 0) is 9.53 Å². The average Bonchev–Trinajstić information content (AvgIpc) is 2.56. The fourth-order valence-corrected chi connectivity index (χ4v) is 4.49. The third-order valence-corrected chi connectivity index (χ3v) is 6.39. The third kappa shape index (κ3) is 3.42. The van der Waals surface area contributed by atoms with Crippen molar-refractivity contribution in [3.05, 3.63) is 0 Å². The maximum Gasteiger partial charge on any atom is 0.236 e. The highest BCUT2D eigenvalue weighted by molar-refractivity contribution is 5.78. The number of hydrogen-bond donors (Lipinski definition) is 1. The number of aliphatic hydroxyl groups excluding tert-OH is 1. The van der Waals surface area contributed by atoms with Gasteiger partial charge in [0, 0.05) is 31.5 Å². The number of rotatable bonds is 4. The van der Waals surface area contributed by atoms with Crippen LogP contribution in [0.3, 0.4) is 0 Å². The van der Waals surface area contributed by atoms with Gasteiger partial charge in [-0.25, -0.2) is 0 Å². The summed E-state index contributed by atoms with van der Waals surface area (Å²) in [7, 11) is 0. The van der Waals surface area contributed by atoms with Gasteiger partial charge in [0.1, 0.15) is 0 Å². The predicted octanol–water partition coefficient (Wildman–Crippen LogP) is 1.50. The Kier molecular flexibility index (Phi) is 5.29. The van der Waals surface area contributed by atoms with Crippen molar-refractivity contribution in [1.29, 1.82) is 0 Å². The second-order valence-corrected chi connectivity index (χ2v) is 7.77. The van der Waals surface area contributed by atoms with E-state index in [-0.39, 0.29) is 23.5 Å². The first-order valence-electron chi connectivity index (χ1n) is 9.35. The average molecular weight is 324 g/mol. The first-order chi connectivity index (χ1) is 11.0. The smallest absolute Gasteiger partial charge is 0.236 e. The molecule has 5 heteroatoms. The molecule has 1 amide bonds. The first-order valence-corrected chi connectivity index (χ1v) is 9.35. The summed E-state index contributed by atoms with van der Waals surface area (Å²) < 4.78 is 5.81. The fraction of sp³-hybridized carbons (Fsp3) is 0.944. The zero-order valence-corrected chi connectivity index (χ0v) is 14.7. The molecule has 1 spiro atoms. The monoisotopic (exact) mass is 324 g/mol. The quantitative estimate of drug-likeness (QED) is 0.851. The SMILES string of the molecule is CCOC1CC(O)C12CCN(CC(=O)N1CCC(C)CC1)CC2. The lowest BCUT2D eigenvalue weighted by atomic mass is 9.58. The van der Waals surface area contributed by atoms with Crippen molar-refractivity contribution in [2.45, 2.75) is 58.2 Å². The molecule has 0 radical (unpaired) electrons. The van der Waals surface area contributed by atoms with Gasteiger partial charge in [0.25, 0.3) is 0 Å². The highest BCUT2D eigenvalue weighted by Gasteiger charge is 2.56. The lowest BCUT2D eigenvalue weighted by Gasteiger charge is -2.56. The summed E-state index contributed by atoms with van der Waals surface area (Å²) in [5.41, 5.74) is -0.0455. The molecule has 132 valence electrons. The Hall–Kier alpha value is -0.650. The van der Waals surface area contributed by atoms with E-state index < -0.39 is 0 Å². The van der Waals surface area contributed by atoms with E-state index in [2.05, 4.69) is 11.8 Å². The molecule has 5 nitrogen and oxygen atoms in total. The Morgan fingerprint density at radius 2 is 1.87 bits per heavy atom. The highest BCUT2D eigenvalue weighted by atomic mass is 16.5. The van der Waals surface area contributed by atoms with E-state index in [4.69, 9.17) is 4.74 Å². The lowest BCUT2D eigenvalue weighted by Crippen LogP contribution is -2.62. The molecule has 0 aromatic rings. The molecule has 0 aromatic heterocycles. The van der Waals surface area contributed by atoms with Gasteiger partial charge in [-0.1, -0.05) is 6.92 Å². The number of carbonyl (C=O) groups is 1. The van der Waals surface area contributed by atoms with Crippen LogP contribution in [0.15, 0.2) is 0 Å². The van der Waals surface area contributed by atoms with Crippen molar-refractivity contribution in [1.82, 2.24) is 9.80 Å². The van der Waals surface area contributed by atoms with E-state index in [1.807, 2.05) is 11.8 Å². The zero-order chi connectivity index (χ0) is 16.4. The van der Waals surface area contributed by atoms with E-state index in [9.17, 15) is 9.90 Å². The van der Waals surface area contributed by atoms with Crippen LogP contribution >= 0.6 is 0 Å². The molecule has 1 aliphatic carbocycles. The Morgan fingerprint density at radius 3 is 2.43 bits per heavy atom. The molecule has 3 rings (SSSR count). The van der Waals surface area contributed by atoms with Gasteiger partial charge < -0.3 is 14.7 Å². The van der Waals surface area contributed by atoms with Crippen LogP contribution in [0.4, 0.5) is 0 Å². The molecule has 2 saturated heterocycles. The Morgan fingerprint density at radius 1 is 1.22 bits per heavy atom. The van der Waals surface area contributed by atoms with Crippen molar-refractivity contribution >= 4 is 5.91 Å². The standard InChI is InChI=1S/C18H32N2O3/c1-3-23-16-12-15(21)18(16)6-10-19(11-7-18)13-17(22)20-8-4-14(2)5-9-20/h14-16,21H,3-13H2,1-2H3. The van der Waals surface area contributed by atoms with Crippen LogP contribution in [0, 0.1) is 11.3 Å². The maximum absolute atomic E-state index is 12.5. The number of amides is 1. The zero-order valence-electron chi connectivity index (χ0n) is 14.7. The van der Waals surface area contributed by atoms with Crippen LogP contribution in [0.25, 0.3) is 0 Å². The summed E-state index contributed by atoms with van der Waals surface area (Å²) in [4.78, 5) is 16.8. The third-order valence-electron chi connectivity index (χ3n) is 6.39. The van der Waals surface area contributed by atoms with E-state index in [0.717, 1.165) is 64.2 Å². The van der Waals surface area contributed by atoms with Gasteiger partial charge in [-0.2, -0.15) is 0 Å². The van der Waals surface area contributed by atoms with Crippen molar-refractivity contribution in [3.63, 3.8) is 0 Å². The number of hydrogen-bond acceptors (Lipinski definition) is 4. The van der Waals surface area contributed by atoms with E-state index in [1.54, 1.807) is 0 Å². The number of likely N-dealkylation sites (tertiary alicyclic amines) is 2. The molecular weight excluding hydrogens is 292 g/mol. The largest absolute Gasteiger partial charge is 0.392 e. The number of carbonyl (C=O) groups excluding carboxylic acids is 1. The number of nitrogens with zero attached hydrogens (tertiary/aromatic N) is 2. The molecule has 23 heavy (non-hydrogen) atoms. The number of ether oxygens (including phenoxy) is 1. The first kappa shape index (κ1) is 17.2. The van der Waals surface area contributed by atoms with Gasteiger partial charge in [-0.15, -0.1) is 0 Å². The Labute approximate surface area is 140 Å². The van der Waals surface area contributed by atoms with E-state index in [0.29, 0.717) is 13.2 Å². The van der Waals surface area contributed by atoms with Gasteiger partial charge >= 0.3 is 0 Å². The summed E-state index contributed by atoms with van der Waals surface area (Å²) in [6.07, 6.45) is 4.93. The Balaban J connectivity index is 1.46. The molecule has 1 N–H and O–H groups in total. The molecule has 0 bridgehead atoms. The summed E-state index contributed by atoms with van der Waals surface area (Å²) >= 11 is 0. The van der Waals surface area contributed by atoms with Crippen molar-refractivity contribution in [2.24, 2.45) is 11.3 Å². The summed E-state index contributed by atoms with van der Waals surface area (Å²) in [5.74, 6) is 1.04. The van der Waals surface area contributed by atoms with Crippen molar-refractivity contribution in [2.75, 3.05) is 39.3 Å². The highest BCUT2D eigenvalue weighted by Crippen LogP contribution is 2.50. The van der Waals surface area contributed by atoms with Crippen LogP contribution < -0.4 is 0 Å². The molecular formula is C18H32N2O3. The molecule has 0 aromatic carbocycles. The summed E-state index contributed by atoms with van der Waals surface area (Å²) in [5, 5.41) is 10.2. The van der Waals surface area contributed by atoms with Crippen molar-refractivity contribution in [3.8, 4) is 0 Å². The van der Waals surface area contributed by atoms with E-state index >= 15 is 0 Å². The lowest BCUT2D eigenvalue weighted by molar-refractivity contribution is -0.209. The molecule has 2 aliphatic heterocycles. The van der Waals surface area contributed by atoms with Gasteiger partial charge in [-0.05, 0) is 51.6 Å². The number of aliphatic hydroxyl groups is 1. The minimum absolute atomic E-state index is 0.0455. The molecule has 1 saturated carbocycles. The summed E-state index contributed by atoms with van der Waals surface area (Å²) in [6, 6.07) is 0. The minimum atomic E-state index is -0.222. The van der Waals surface area contributed by atoms with Crippen LogP contribution in [0.2, 0.25) is 0 Å². The normalized spacial score (nSPS) is 32.0. The van der Waals surface area contributed by atoms with Crippen LogP contribution in [-0.4, -0.2) is 72.4 Å². The maximum atomic E-state index is 12.5. The second kappa shape index (κ2) is 7.08. The Bertz CT molecular complexity index is 410. The number of piperidine rings is 2. The second-order valence-electron chi connectivity index (χ2n) is 7.77. The van der Waals surface area contributed by atoms with Crippen LogP contribution in [0.1, 0.15) is 46.0 Å².